The minimum atomic E-state index is -0.0799. The van der Waals surface area contributed by atoms with E-state index in [2.05, 4.69) is 273 Å². The second kappa shape index (κ2) is 17.5. The first-order chi connectivity index (χ1) is 36.2. The Morgan fingerprint density at radius 1 is 0.368 bits per heavy atom. The summed E-state index contributed by atoms with van der Waals surface area (Å²) in [5, 5.41) is 12.3. The molecule has 10 aromatic rings. The minimum absolute atomic E-state index is 0.00547. The molecule has 0 fully saturated rings. The van der Waals surface area contributed by atoms with Crippen molar-refractivity contribution in [3.8, 4) is 34.0 Å². The van der Waals surface area contributed by atoms with Crippen molar-refractivity contribution in [3.63, 3.8) is 0 Å². The van der Waals surface area contributed by atoms with Crippen molar-refractivity contribution in [2.24, 2.45) is 0 Å². The number of nitrogens with zero attached hydrogens (tertiary/aromatic N) is 4. The maximum atomic E-state index is 9.91. The summed E-state index contributed by atoms with van der Waals surface area (Å²) in [5.74, 6) is 0. The Bertz CT molecular complexity index is 3810. The highest BCUT2D eigenvalue weighted by Gasteiger charge is 2.44. The van der Waals surface area contributed by atoms with Crippen molar-refractivity contribution in [2.45, 2.75) is 105 Å². The van der Waals surface area contributed by atoms with E-state index in [1.165, 1.54) is 83.5 Å². The number of fused-ring (bicyclic) bond motifs is 7. The van der Waals surface area contributed by atoms with E-state index in [-0.39, 0.29) is 28.4 Å². The molecule has 2 aliphatic rings. The Morgan fingerprint density at radius 2 is 0.842 bits per heavy atom. The number of hydrogen-bond donors (Lipinski definition) is 0. The Balaban J connectivity index is 1.17. The Morgan fingerprint density at radius 3 is 1.37 bits per heavy atom. The van der Waals surface area contributed by atoms with E-state index >= 15 is 0 Å². The SMILES string of the molecule is CC(C)(C)c1cc(N2c3ccccc3B3c4ccccc4N(c4cc(C(C)(C)C)cc(C(C)(C)C)c4)c4cc(-c5ccc6c(c5)c5ccccc5n6-c5ccccc5-c5cccc(C#N)c5)cc2c43)cc(C(C)(C)C)c1. The van der Waals surface area contributed by atoms with Crippen LogP contribution >= 0.6 is 0 Å². The quantitative estimate of drug-likeness (QED) is 0.161. The lowest BCUT2D eigenvalue weighted by Crippen LogP contribution is -2.61. The topological polar surface area (TPSA) is 35.2 Å². The Kier molecular flexibility index (Phi) is 11.3. The van der Waals surface area contributed by atoms with Gasteiger partial charge in [-0.15, -0.1) is 0 Å². The summed E-state index contributed by atoms with van der Waals surface area (Å²) in [5.41, 5.74) is 24.4. The van der Waals surface area contributed by atoms with Crippen molar-refractivity contribution < 1.29 is 0 Å². The molecular formula is C71H67BN4. The van der Waals surface area contributed by atoms with Gasteiger partial charge in [0.15, 0.2) is 0 Å². The molecule has 0 radical (unpaired) electrons. The van der Waals surface area contributed by atoms with Crippen molar-refractivity contribution in [3.05, 3.63) is 216 Å². The predicted molar refractivity (Wildman–Crippen MR) is 325 cm³/mol. The maximum Gasteiger partial charge on any atom is 0.252 e. The van der Waals surface area contributed by atoms with Gasteiger partial charge < -0.3 is 14.4 Å². The van der Waals surface area contributed by atoms with Crippen LogP contribution in [0, 0.1) is 11.3 Å². The van der Waals surface area contributed by atoms with Gasteiger partial charge >= 0.3 is 0 Å². The fourth-order valence-electron chi connectivity index (χ4n) is 11.9. The molecule has 4 nitrogen and oxygen atoms in total. The van der Waals surface area contributed by atoms with Crippen molar-refractivity contribution in [1.29, 1.82) is 5.26 Å². The second-order valence-corrected chi connectivity index (χ2v) is 25.5. The molecule has 3 heterocycles. The summed E-state index contributed by atoms with van der Waals surface area (Å²) in [6, 6.07) is 72.8. The molecule has 0 atom stereocenters. The number of nitriles is 1. The van der Waals surface area contributed by atoms with Gasteiger partial charge in [0.05, 0.1) is 28.4 Å². The normalized spacial score (nSPS) is 13.4. The van der Waals surface area contributed by atoms with Gasteiger partial charge in [0.1, 0.15) is 0 Å². The maximum absolute atomic E-state index is 9.91. The van der Waals surface area contributed by atoms with Crippen LogP contribution in [0.15, 0.2) is 188 Å². The van der Waals surface area contributed by atoms with E-state index in [1.54, 1.807) is 0 Å². The van der Waals surface area contributed by atoms with E-state index < -0.39 is 0 Å². The zero-order valence-electron chi connectivity index (χ0n) is 46.3. The van der Waals surface area contributed by atoms with Gasteiger partial charge in [0.2, 0.25) is 0 Å². The summed E-state index contributed by atoms with van der Waals surface area (Å²) in [7, 11) is 0. The van der Waals surface area contributed by atoms with Crippen LogP contribution in [0.3, 0.4) is 0 Å². The molecule has 0 spiro atoms. The van der Waals surface area contributed by atoms with E-state index in [4.69, 9.17) is 0 Å². The number of hydrogen-bond acceptors (Lipinski definition) is 3. The number of para-hydroxylation sites is 4. The smallest absolute Gasteiger partial charge is 0.252 e. The lowest BCUT2D eigenvalue weighted by molar-refractivity contribution is 0.568. The summed E-state index contributed by atoms with van der Waals surface area (Å²) >= 11 is 0. The third kappa shape index (κ3) is 8.13. The van der Waals surface area contributed by atoms with Crippen LogP contribution in [0.5, 0.6) is 0 Å². The molecule has 0 saturated heterocycles. The summed E-state index contributed by atoms with van der Waals surface area (Å²) in [4.78, 5) is 5.19. The molecule has 1 aromatic heterocycles. The van der Waals surface area contributed by atoms with Gasteiger partial charge in [-0.1, -0.05) is 186 Å². The number of rotatable bonds is 5. The molecule has 0 aliphatic carbocycles. The fourth-order valence-corrected chi connectivity index (χ4v) is 11.9. The fraction of sp³-hybridized carbons (Fsp3) is 0.225. The van der Waals surface area contributed by atoms with Gasteiger partial charge in [-0.25, -0.2) is 0 Å². The average molecular weight is 987 g/mol. The first kappa shape index (κ1) is 48.8. The van der Waals surface area contributed by atoms with Crippen LogP contribution in [0.2, 0.25) is 0 Å². The molecule has 0 unspecified atom stereocenters. The predicted octanol–water partition coefficient (Wildman–Crippen LogP) is 17.3. The zero-order chi connectivity index (χ0) is 53.2. The molecule has 2 aliphatic heterocycles. The van der Waals surface area contributed by atoms with E-state index in [1.807, 2.05) is 18.2 Å². The van der Waals surface area contributed by atoms with Gasteiger partial charge in [-0.2, -0.15) is 5.26 Å². The van der Waals surface area contributed by atoms with Gasteiger partial charge in [0.25, 0.3) is 6.71 Å². The molecule has 0 N–H and O–H groups in total. The molecule has 374 valence electrons. The van der Waals surface area contributed by atoms with E-state index in [9.17, 15) is 5.26 Å². The van der Waals surface area contributed by atoms with E-state index in [0.29, 0.717) is 5.56 Å². The molecule has 5 heteroatoms. The molecule has 0 saturated carbocycles. The highest BCUT2D eigenvalue weighted by atomic mass is 15.2. The monoisotopic (exact) mass is 987 g/mol. The number of aromatic nitrogens is 1. The summed E-state index contributed by atoms with van der Waals surface area (Å²) in [6.45, 7) is 28.1. The second-order valence-electron chi connectivity index (χ2n) is 25.5. The van der Waals surface area contributed by atoms with Crippen LogP contribution in [0.1, 0.15) is 111 Å². The van der Waals surface area contributed by atoms with Crippen LogP contribution in [0.4, 0.5) is 34.1 Å². The van der Waals surface area contributed by atoms with Crippen LogP contribution in [0.25, 0.3) is 49.7 Å². The average Bonchev–Trinajstić information content (AvgIpc) is 3.81. The molecule has 9 aromatic carbocycles. The standard InChI is InChI=1S/C71H67BN4/c1-68(2,3)49-38-50(69(4,5)6)41-53(40-49)74-63-30-19-15-26-58(63)72-59-27-16-20-31-64(59)75(54-42-51(70(7,8)9)39-52(43-54)71(10,11)12)66-37-48(36-65(74)67(66)72)46-32-33-62-57(35-46)56-25-14-18-29-61(56)76(62)60-28-17-13-24-55(60)47-23-21-22-45(34-47)44-73/h13-43H,1-12H3. The first-order valence-electron chi connectivity index (χ1n) is 27.1. The highest BCUT2D eigenvalue weighted by molar-refractivity contribution is 7.00. The molecule has 0 amide bonds. The largest absolute Gasteiger partial charge is 0.311 e. The molecular weight excluding hydrogens is 920 g/mol. The van der Waals surface area contributed by atoms with Gasteiger partial charge in [0, 0.05) is 50.5 Å². The molecule has 0 bridgehead atoms. The van der Waals surface area contributed by atoms with Crippen molar-refractivity contribution in [1.82, 2.24) is 4.57 Å². The van der Waals surface area contributed by atoms with Crippen LogP contribution in [-0.2, 0) is 21.7 Å². The first-order valence-corrected chi connectivity index (χ1v) is 27.1. The molecule has 12 rings (SSSR count). The third-order valence-corrected chi connectivity index (χ3v) is 16.2. The van der Waals surface area contributed by atoms with Crippen molar-refractivity contribution in [2.75, 3.05) is 9.80 Å². The Labute approximate surface area is 451 Å². The van der Waals surface area contributed by atoms with E-state index in [0.717, 1.165) is 39.0 Å². The van der Waals surface area contributed by atoms with Gasteiger partial charge in [-0.05, 0) is 162 Å². The highest BCUT2D eigenvalue weighted by Crippen LogP contribution is 2.49. The van der Waals surface area contributed by atoms with Gasteiger partial charge in [-0.3, -0.25) is 0 Å². The van der Waals surface area contributed by atoms with Crippen LogP contribution in [-0.4, -0.2) is 11.3 Å². The van der Waals surface area contributed by atoms with Crippen molar-refractivity contribution >= 4 is 79.0 Å². The number of anilines is 6. The minimum Gasteiger partial charge on any atom is -0.311 e. The Hall–Kier alpha value is -8.07. The summed E-state index contributed by atoms with van der Waals surface area (Å²) < 4.78 is 2.41. The summed E-state index contributed by atoms with van der Waals surface area (Å²) in [6.07, 6.45) is 0. The lowest BCUT2D eigenvalue weighted by Gasteiger charge is -2.45. The molecule has 76 heavy (non-hydrogen) atoms. The zero-order valence-corrected chi connectivity index (χ0v) is 46.3. The lowest BCUT2D eigenvalue weighted by atomic mass is 9.33. The number of benzene rings is 9. The van der Waals surface area contributed by atoms with Crippen LogP contribution < -0.4 is 26.2 Å². The third-order valence-electron chi connectivity index (χ3n) is 16.2.